The van der Waals surface area contributed by atoms with Crippen LogP contribution < -0.4 is 5.32 Å². The molecule has 8 nitrogen and oxygen atoms in total. The Labute approximate surface area is 198 Å². The molecule has 3 aromatic rings. The summed E-state index contributed by atoms with van der Waals surface area (Å²) in [4.78, 5) is 20.1. The van der Waals surface area contributed by atoms with Crippen molar-refractivity contribution in [1.82, 2.24) is 24.5 Å². The zero-order chi connectivity index (χ0) is 23.8. The second-order valence-corrected chi connectivity index (χ2v) is 9.36. The summed E-state index contributed by atoms with van der Waals surface area (Å²) in [7, 11) is 0. The number of aliphatic imine (C=N–C) groups is 1. The highest BCUT2D eigenvalue weighted by molar-refractivity contribution is 6.07. The van der Waals surface area contributed by atoms with Crippen LogP contribution in [0.15, 0.2) is 35.5 Å². The van der Waals surface area contributed by atoms with E-state index >= 15 is 0 Å². The Morgan fingerprint density at radius 3 is 2.71 bits per heavy atom. The van der Waals surface area contributed by atoms with Crippen LogP contribution in [-0.4, -0.2) is 55.7 Å². The van der Waals surface area contributed by atoms with Gasteiger partial charge in [0, 0.05) is 37.2 Å². The van der Waals surface area contributed by atoms with Crippen LogP contribution in [0.2, 0.25) is 0 Å². The van der Waals surface area contributed by atoms with Crippen molar-refractivity contribution in [2.24, 2.45) is 4.99 Å². The quantitative estimate of drug-likeness (QED) is 0.606. The van der Waals surface area contributed by atoms with Gasteiger partial charge in [0.2, 0.25) is 0 Å². The molecule has 1 fully saturated rings. The van der Waals surface area contributed by atoms with Crippen LogP contribution in [0.1, 0.15) is 60.6 Å². The second kappa shape index (κ2) is 9.13. The number of piperidine rings is 1. The molecule has 0 saturated carbocycles. The number of amides is 1. The number of aromatic nitrogens is 4. The average molecular weight is 464 g/mol. The maximum absolute atomic E-state index is 13.8. The van der Waals surface area contributed by atoms with Gasteiger partial charge in [-0.15, -0.1) is 0 Å². The number of benzene rings is 1. The maximum atomic E-state index is 13.8. The monoisotopic (exact) mass is 463 g/mol. The van der Waals surface area contributed by atoms with Gasteiger partial charge >= 0.3 is 0 Å². The van der Waals surface area contributed by atoms with Gasteiger partial charge in [-0.1, -0.05) is 0 Å². The Morgan fingerprint density at radius 1 is 1.18 bits per heavy atom. The number of nitrogens with one attached hydrogen (secondary N) is 1. The number of carbonyl (C=O) groups excluding carboxylic acids is 1. The number of halogens is 1. The van der Waals surface area contributed by atoms with Gasteiger partial charge in [0.1, 0.15) is 17.2 Å². The lowest BCUT2D eigenvalue weighted by Crippen LogP contribution is -2.37. The smallest absolute Gasteiger partial charge is 0.262 e. The molecule has 0 bridgehead atoms. The zero-order valence-corrected chi connectivity index (χ0v) is 19.8. The topological polar surface area (TPSA) is 80.3 Å². The Hall–Kier alpha value is -3.33. The SMILES string of the molecule is Cc1cc(F)ccc1-n1nc(C2CCN(C(C)C)CC2)cc1NC(=O)c1cnn2c1N=CCC2. The minimum Gasteiger partial charge on any atom is -0.306 e. The van der Waals surface area contributed by atoms with Crippen molar-refractivity contribution in [3.05, 3.63) is 53.1 Å². The first-order chi connectivity index (χ1) is 16.4. The normalized spacial score (nSPS) is 16.7. The molecule has 2 aliphatic rings. The van der Waals surface area contributed by atoms with Gasteiger partial charge in [-0.05, 0) is 70.5 Å². The fraction of sp³-hybridized carbons (Fsp3) is 0.440. The van der Waals surface area contributed by atoms with Crippen LogP contribution in [0.25, 0.3) is 5.69 Å². The molecule has 1 amide bonds. The van der Waals surface area contributed by atoms with Crippen LogP contribution >= 0.6 is 0 Å². The van der Waals surface area contributed by atoms with E-state index in [1.807, 2.05) is 19.2 Å². The Balaban J connectivity index is 1.47. The summed E-state index contributed by atoms with van der Waals surface area (Å²) < 4.78 is 17.2. The van der Waals surface area contributed by atoms with Crippen molar-refractivity contribution in [2.75, 3.05) is 18.4 Å². The number of anilines is 1. The average Bonchev–Trinajstić information content (AvgIpc) is 3.44. The summed E-state index contributed by atoms with van der Waals surface area (Å²) in [6.07, 6.45) is 6.18. The number of likely N-dealkylation sites (tertiary alicyclic amines) is 1. The third kappa shape index (κ3) is 4.27. The van der Waals surface area contributed by atoms with E-state index in [9.17, 15) is 9.18 Å². The highest BCUT2D eigenvalue weighted by atomic mass is 19.1. The molecule has 2 aliphatic heterocycles. The van der Waals surface area contributed by atoms with Crippen molar-refractivity contribution in [2.45, 2.75) is 58.5 Å². The molecule has 1 N–H and O–H groups in total. The summed E-state index contributed by atoms with van der Waals surface area (Å²) in [5.41, 5.74) is 2.84. The molecule has 4 heterocycles. The van der Waals surface area contributed by atoms with E-state index in [2.05, 4.69) is 34.2 Å². The first kappa shape index (κ1) is 22.5. The molecule has 2 aromatic heterocycles. The molecule has 1 aromatic carbocycles. The van der Waals surface area contributed by atoms with Crippen molar-refractivity contribution in [3.63, 3.8) is 0 Å². The molecule has 0 spiro atoms. The standard InChI is InChI=1S/C25H30FN7O/c1-16(2)31-11-7-18(8-12-31)21-14-23(33(30-21)22-6-5-19(26)13-17(22)3)29-25(34)20-15-28-32-10-4-9-27-24(20)32/h5-6,9,13-16,18H,4,7-8,10-12H2,1-3H3,(H,29,34). The van der Waals surface area contributed by atoms with Crippen molar-refractivity contribution < 1.29 is 9.18 Å². The molecule has 34 heavy (non-hydrogen) atoms. The molecule has 0 aliphatic carbocycles. The Bertz CT molecular complexity index is 1230. The van der Waals surface area contributed by atoms with Gasteiger partial charge in [-0.2, -0.15) is 10.2 Å². The predicted molar refractivity (Wildman–Crippen MR) is 130 cm³/mol. The van der Waals surface area contributed by atoms with Crippen molar-refractivity contribution in [3.8, 4) is 5.69 Å². The van der Waals surface area contributed by atoms with E-state index < -0.39 is 0 Å². The fourth-order valence-corrected chi connectivity index (χ4v) is 4.79. The van der Waals surface area contributed by atoms with Gasteiger partial charge in [-0.25, -0.2) is 18.7 Å². The van der Waals surface area contributed by atoms with E-state index in [0.29, 0.717) is 35.7 Å². The second-order valence-electron chi connectivity index (χ2n) is 9.36. The predicted octanol–water partition coefficient (Wildman–Crippen LogP) is 4.46. The summed E-state index contributed by atoms with van der Waals surface area (Å²) in [6.45, 7) is 9.03. The minimum absolute atomic E-state index is 0.289. The molecule has 1 saturated heterocycles. The Kier molecular flexibility index (Phi) is 6.03. The molecular weight excluding hydrogens is 433 g/mol. The fourth-order valence-electron chi connectivity index (χ4n) is 4.79. The molecular formula is C25H30FN7O. The molecule has 0 radical (unpaired) electrons. The molecule has 0 unspecified atom stereocenters. The lowest BCUT2D eigenvalue weighted by atomic mass is 9.93. The number of nitrogens with zero attached hydrogens (tertiary/aromatic N) is 6. The van der Waals surface area contributed by atoms with Gasteiger partial charge < -0.3 is 10.2 Å². The lowest BCUT2D eigenvalue weighted by Gasteiger charge is -2.33. The lowest BCUT2D eigenvalue weighted by molar-refractivity contribution is 0.102. The number of carbonyl (C=O) groups is 1. The summed E-state index contributed by atoms with van der Waals surface area (Å²) in [5.74, 6) is 0.836. The van der Waals surface area contributed by atoms with Crippen LogP contribution in [0.4, 0.5) is 16.0 Å². The third-order valence-electron chi connectivity index (χ3n) is 6.77. The molecule has 178 valence electrons. The van der Waals surface area contributed by atoms with E-state index in [1.165, 1.54) is 12.1 Å². The van der Waals surface area contributed by atoms with E-state index in [-0.39, 0.29) is 11.7 Å². The molecule has 9 heteroatoms. The first-order valence-corrected chi connectivity index (χ1v) is 11.9. The van der Waals surface area contributed by atoms with Crippen LogP contribution in [0.5, 0.6) is 0 Å². The van der Waals surface area contributed by atoms with E-state index in [1.54, 1.807) is 21.6 Å². The summed E-state index contributed by atoms with van der Waals surface area (Å²) in [6, 6.07) is 7.07. The van der Waals surface area contributed by atoms with Crippen LogP contribution in [0, 0.1) is 12.7 Å². The minimum atomic E-state index is -0.301. The van der Waals surface area contributed by atoms with Gasteiger partial charge in [0.25, 0.3) is 5.91 Å². The van der Waals surface area contributed by atoms with Gasteiger partial charge in [0.15, 0.2) is 5.82 Å². The third-order valence-corrected chi connectivity index (χ3v) is 6.77. The van der Waals surface area contributed by atoms with Gasteiger partial charge in [0.05, 0.1) is 17.6 Å². The zero-order valence-electron chi connectivity index (χ0n) is 19.8. The summed E-state index contributed by atoms with van der Waals surface area (Å²) >= 11 is 0. The number of rotatable bonds is 5. The largest absolute Gasteiger partial charge is 0.306 e. The maximum Gasteiger partial charge on any atom is 0.262 e. The van der Waals surface area contributed by atoms with Gasteiger partial charge in [-0.3, -0.25) is 4.79 Å². The van der Waals surface area contributed by atoms with Crippen LogP contribution in [-0.2, 0) is 6.54 Å². The van der Waals surface area contributed by atoms with Crippen LogP contribution in [0.3, 0.4) is 0 Å². The van der Waals surface area contributed by atoms with Crippen molar-refractivity contribution >= 4 is 23.8 Å². The van der Waals surface area contributed by atoms with E-state index in [0.717, 1.165) is 49.3 Å². The number of fused-ring (bicyclic) bond motifs is 1. The highest BCUT2D eigenvalue weighted by Gasteiger charge is 2.27. The summed E-state index contributed by atoms with van der Waals surface area (Å²) in [5, 5.41) is 12.2. The molecule has 5 rings (SSSR count). The van der Waals surface area contributed by atoms with Crippen molar-refractivity contribution in [1.29, 1.82) is 0 Å². The first-order valence-electron chi connectivity index (χ1n) is 11.9. The Morgan fingerprint density at radius 2 is 1.97 bits per heavy atom. The highest BCUT2D eigenvalue weighted by Crippen LogP contribution is 2.32. The number of hydrogen-bond donors (Lipinski definition) is 1. The van der Waals surface area contributed by atoms with E-state index in [4.69, 9.17) is 5.10 Å². The molecule has 0 atom stereocenters. The number of aryl methyl sites for hydroxylation is 2. The number of hydrogen-bond acceptors (Lipinski definition) is 5.